The summed E-state index contributed by atoms with van der Waals surface area (Å²) in [5.74, 6) is 0.839. The fourth-order valence-corrected chi connectivity index (χ4v) is 4.59. The molecule has 2 amide bonds. The van der Waals surface area contributed by atoms with Crippen molar-refractivity contribution >= 4 is 11.5 Å². The van der Waals surface area contributed by atoms with Gasteiger partial charge in [0.05, 0.1) is 12.1 Å². The molecule has 2 fully saturated rings. The van der Waals surface area contributed by atoms with E-state index in [9.17, 15) is 9.18 Å². The van der Waals surface area contributed by atoms with E-state index in [1.54, 1.807) is 4.90 Å². The lowest BCUT2D eigenvalue weighted by Gasteiger charge is -2.34. The van der Waals surface area contributed by atoms with Crippen LogP contribution in [0.5, 0.6) is 5.75 Å². The molecule has 1 aromatic carbocycles. The van der Waals surface area contributed by atoms with Gasteiger partial charge in [-0.2, -0.15) is 5.10 Å². The highest BCUT2D eigenvalue weighted by atomic mass is 19.1. The van der Waals surface area contributed by atoms with Crippen LogP contribution in [-0.4, -0.2) is 63.9 Å². The molecular weight excluding hydrogens is 395 g/mol. The van der Waals surface area contributed by atoms with Crippen molar-refractivity contribution in [3.05, 3.63) is 54.4 Å². The standard InChI is InChI=1S/C24H27FN4O2/c1-17-23(7-4-20-8-12-26-29(17)20)18-2-5-21(6-3-18)31-22-10-14-27(15-11-22)24(30)28-13-9-19(25)16-28/h2-8,12,19,22H,9-11,13-16H2,1H3/t19-/m1/s1. The molecular formula is C24H27FN4O2. The number of carbonyl (C=O) groups is 1. The first kappa shape index (κ1) is 19.8. The van der Waals surface area contributed by atoms with Gasteiger partial charge in [0.15, 0.2) is 0 Å². The minimum Gasteiger partial charge on any atom is -0.490 e. The van der Waals surface area contributed by atoms with Crippen LogP contribution in [0.1, 0.15) is 25.0 Å². The Labute approximate surface area is 181 Å². The van der Waals surface area contributed by atoms with Crippen LogP contribution in [-0.2, 0) is 0 Å². The van der Waals surface area contributed by atoms with Crippen molar-refractivity contribution < 1.29 is 13.9 Å². The van der Waals surface area contributed by atoms with Crippen molar-refractivity contribution in [1.29, 1.82) is 0 Å². The second-order valence-electron chi connectivity index (χ2n) is 8.44. The van der Waals surface area contributed by atoms with Gasteiger partial charge in [-0.1, -0.05) is 18.2 Å². The number of urea groups is 1. The Morgan fingerprint density at radius 1 is 1.00 bits per heavy atom. The average molecular weight is 423 g/mol. The lowest BCUT2D eigenvalue weighted by atomic mass is 10.0. The van der Waals surface area contributed by atoms with Gasteiger partial charge in [0.1, 0.15) is 18.0 Å². The number of amides is 2. The number of benzene rings is 1. The fraction of sp³-hybridized carbons (Fsp3) is 0.417. The molecule has 0 unspecified atom stereocenters. The Kier molecular flexibility index (Phi) is 5.26. The van der Waals surface area contributed by atoms with Gasteiger partial charge in [-0.05, 0) is 43.2 Å². The Morgan fingerprint density at radius 2 is 1.74 bits per heavy atom. The normalized spacial score (nSPS) is 19.9. The second kappa shape index (κ2) is 8.21. The number of rotatable bonds is 3. The summed E-state index contributed by atoms with van der Waals surface area (Å²) in [6.07, 6.45) is 3.05. The number of carbonyl (C=O) groups excluding carboxylic acids is 1. The number of fused-ring (bicyclic) bond motifs is 1. The molecule has 4 heterocycles. The molecule has 2 aromatic heterocycles. The number of nitrogens with zero attached hydrogens (tertiary/aromatic N) is 4. The molecule has 6 nitrogen and oxygen atoms in total. The quantitative estimate of drug-likeness (QED) is 0.632. The topological polar surface area (TPSA) is 50.1 Å². The summed E-state index contributed by atoms with van der Waals surface area (Å²) in [6, 6.07) is 14.3. The van der Waals surface area contributed by atoms with Crippen molar-refractivity contribution in [3.8, 4) is 16.9 Å². The molecule has 1 atom stereocenters. The van der Waals surface area contributed by atoms with Crippen molar-refractivity contribution in [1.82, 2.24) is 19.4 Å². The molecule has 162 valence electrons. The maximum atomic E-state index is 13.4. The lowest BCUT2D eigenvalue weighted by Crippen LogP contribution is -2.47. The molecule has 31 heavy (non-hydrogen) atoms. The first-order valence-corrected chi connectivity index (χ1v) is 11.0. The number of pyridine rings is 1. The smallest absolute Gasteiger partial charge is 0.320 e. The fourth-order valence-electron chi connectivity index (χ4n) is 4.59. The number of piperidine rings is 1. The van der Waals surface area contributed by atoms with Crippen LogP contribution in [0.4, 0.5) is 9.18 Å². The van der Waals surface area contributed by atoms with E-state index in [0.717, 1.165) is 40.9 Å². The van der Waals surface area contributed by atoms with Gasteiger partial charge < -0.3 is 14.5 Å². The Bertz CT molecular complexity index is 1070. The highest BCUT2D eigenvalue weighted by molar-refractivity contribution is 5.75. The zero-order valence-corrected chi connectivity index (χ0v) is 17.7. The van der Waals surface area contributed by atoms with Crippen LogP contribution < -0.4 is 4.74 Å². The van der Waals surface area contributed by atoms with Gasteiger partial charge in [-0.25, -0.2) is 13.7 Å². The maximum Gasteiger partial charge on any atom is 0.320 e. The number of aromatic nitrogens is 2. The van der Waals surface area contributed by atoms with Crippen molar-refractivity contribution in [2.24, 2.45) is 0 Å². The third-order valence-electron chi connectivity index (χ3n) is 6.38. The van der Waals surface area contributed by atoms with E-state index in [2.05, 4.69) is 36.3 Å². The first-order valence-electron chi connectivity index (χ1n) is 11.0. The van der Waals surface area contributed by atoms with Crippen LogP contribution >= 0.6 is 0 Å². The monoisotopic (exact) mass is 422 g/mol. The van der Waals surface area contributed by atoms with E-state index in [1.807, 2.05) is 33.8 Å². The summed E-state index contributed by atoms with van der Waals surface area (Å²) in [4.78, 5) is 16.0. The summed E-state index contributed by atoms with van der Waals surface area (Å²) in [7, 11) is 0. The van der Waals surface area contributed by atoms with E-state index in [1.165, 1.54) is 0 Å². The third-order valence-corrected chi connectivity index (χ3v) is 6.38. The molecule has 0 aliphatic carbocycles. The highest BCUT2D eigenvalue weighted by Crippen LogP contribution is 2.28. The van der Waals surface area contributed by atoms with Gasteiger partial charge in [0, 0.05) is 49.9 Å². The summed E-state index contributed by atoms with van der Waals surface area (Å²) in [5, 5.41) is 4.39. The van der Waals surface area contributed by atoms with Crippen molar-refractivity contribution in [2.75, 3.05) is 26.2 Å². The highest BCUT2D eigenvalue weighted by Gasteiger charge is 2.31. The van der Waals surface area contributed by atoms with E-state index >= 15 is 0 Å². The SMILES string of the molecule is Cc1c(-c2ccc(OC3CCN(C(=O)N4CC[C@@H](F)C4)CC3)cc2)ccc2ccnn12. The zero-order valence-electron chi connectivity index (χ0n) is 17.7. The number of hydrogen-bond donors (Lipinski definition) is 0. The van der Waals surface area contributed by atoms with Gasteiger partial charge in [0.2, 0.25) is 0 Å². The molecule has 0 N–H and O–H groups in total. The second-order valence-corrected chi connectivity index (χ2v) is 8.44. The predicted molar refractivity (Wildman–Crippen MR) is 117 cm³/mol. The number of halogens is 1. The lowest BCUT2D eigenvalue weighted by molar-refractivity contribution is 0.0972. The Hall–Kier alpha value is -3.09. The summed E-state index contributed by atoms with van der Waals surface area (Å²) in [6.45, 7) is 4.13. The van der Waals surface area contributed by atoms with Crippen molar-refractivity contribution in [3.63, 3.8) is 0 Å². The van der Waals surface area contributed by atoms with Crippen LogP contribution in [0.25, 0.3) is 16.6 Å². The van der Waals surface area contributed by atoms with Crippen LogP contribution in [0.3, 0.4) is 0 Å². The summed E-state index contributed by atoms with van der Waals surface area (Å²) >= 11 is 0. The predicted octanol–water partition coefficient (Wildman–Crippen LogP) is 4.32. The van der Waals surface area contributed by atoms with Gasteiger partial charge in [0.25, 0.3) is 0 Å². The van der Waals surface area contributed by atoms with Crippen molar-refractivity contribution in [2.45, 2.75) is 38.5 Å². The first-order chi connectivity index (χ1) is 15.1. The molecule has 2 saturated heterocycles. The van der Waals surface area contributed by atoms with Crippen LogP contribution in [0, 0.1) is 6.92 Å². The zero-order chi connectivity index (χ0) is 21.4. The molecule has 2 aliphatic rings. The number of hydrogen-bond acceptors (Lipinski definition) is 3. The van der Waals surface area contributed by atoms with E-state index in [4.69, 9.17) is 4.74 Å². The minimum absolute atomic E-state index is 0.0347. The average Bonchev–Trinajstić information content (AvgIpc) is 3.44. The Balaban J connectivity index is 1.19. The van der Waals surface area contributed by atoms with Crippen LogP contribution in [0.2, 0.25) is 0 Å². The molecule has 0 saturated carbocycles. The summed E-state index contributed by atoms with van der Waals surface area (Å²) < 4.78 is 21.5. The van der Waals surface area contributed by atoms with E-state index in [0.29, 0.717) is 26.1 Å². The maximum absolute atomic E-state index is 13.4. The summed E-state index contributed by atoms with van der Waals surface area (Å²) in [5.41, 5.74) is 4.46. The van der Waals surface area contributed by atoms with Gasteiger partial charge >= 0.3 is 6.03 Å². The molecule has 0 radical (unpaired) electrons. The molecule has 7 heteroatoms. The van der Waals surface area contributed by atoms with E-state index in [-0.39, 0.29) is 18.7 Å². The minimum atomic E-state index is -0.877. The number of alkyl halides is 1. The van der Waals surface area contributed by atoms with Gasteiger partial charge in [-0.15, -0.1) is 0 Å². The number of aryl methyl sites for hydroxylation is 1. The molecule has 3 aromatic rings. The molecule has 2 aliphatic heterocycles. The molecule has 5 rings (SSSR count). The number of ether oxygens (including phenoxy) is 1. The largest absolute Gasteiger partial charge is 0.490 e. The van der Waals surface area contributed by atoms with E-state index < -0.39 is 6.17 Å². The Morgan fingerprint density at radius 3 is 2.45 bits per heavy atom. The van der Waals surface area contributed by atoms with Gasteiger partial charge in [-0.3, -0.25) is 0 Å². The number of likely N-dealkylation sites (tertiary alicyclic amines) is 2. The molecule has 0 spiro atoms. The molecule has 0 bridgehead atoms. The third kappa shape index (κ3) is 3.96. The van der Waals surface area contributed by atoms with Crippen LogP contribution in [0.15, 0.2) is 48.7 Å².